The highest BCUT2D eigenvalue weighted by Gasteiger charge is 2.76. The van der Waals surface area contributed by atoms with Crippen molar-refractivity contribution in [3.05, 3.63) is 64.2 Å². The molecule has 0 spiro atoms. The maximum atomic E-state index is 14.4. The number of aliphatic hydroxyl groups is 1. The van der Waals surface area contributed by atoms with Crippen LogP contribution in [-0.2, 0) is 31.0 Å². The molecular weight excluding hydrogens is 556 g/mol. The zero-order valence-corrected chi connectivity index (χ0v) is 26.8. The van der Waals surface area contributed by atoms with Gasteiger partial charge in [-0.05, 0) is 64.8 Å². The van der Waals surface area contributed by atoms with E-state index in [-0.39, 0.29) is 35.5 Å². The first kappa shape index (κ1) is 31.7. The number of carbonyl (C=O) groups excluding carboxylic acids is 5. The number of phenols is 1. The fraction of sp³-hybridized carbons (Fsp3) is 0.486. The van der Waals surface area contributed by atoms with Crippen LogP contribution in [0.25, 0.3) is 12.2 Å². The summed E-state index contributed by atoms with van der Waals surface area (Å²) < 4.78 is 0. The number of carbonyl (C=O) groups is 5. The zero-order valence-electron chi connectivity index (χ0n) is 26.8. The van der Waals surface area contributed by atoms with Gasteiger partial charge in [0, 0.05) is 11.3 Å². The largest absolute Gasteiger partial charge is 0.507 e. The molecule has 0 bridgehead atoms. The molecule has 2 aromatic rings. The summed E-state index contributed by atoms with van der Waals surface area (Å²) in [6.45, 7) is 14.5. The fourth-order valence-electron chi connectivity index (χ4n) is 8.60. The molecule has 3 aliphatic rings. The van der Waals surface area contributed by atoms with Crippen LogP contribution in [0.1, 0.15) is 94.4 Å². The molecule has 2 saturated carbocycles. The third-order valence-corrected chi connectivity index (χ3v) is 10.5. The summed E-state index contributed by atoms with van der Waals surface area (Å²) in [6.07, 6.45) is 4.04. The van der Waals surface area contributed by atoms with Crippen LogP contribution >= 0.6 is 0 Å². The second kappa shape index (κ2) is 10.2. The molecule has 7 nitrogen and oxygen atoms in total. The van der Waals surface area contributed by atoms with Gasteiger partial charge >= 0.3 is 0 Å². The molecule has 2 N–H and O–H groups in total. The van der Waals surface area contributed by atoms with Crippen LogP contribution in [0.5, 0.6) is 5.75 Å². The molecule has 0 aliphatic heterocycles. The molecule has 44 heavy (non-hydrogen) atoms. The van der Waals surface area contributed by atoms with E-state index in [1.807, 2.05) is 24.3 Å². The van der Waals surface area contributed by atoms with Gasteiger partial charge in [-0.25, -0.2) is 0 Å². The molecule has 3 aliphatic carbocycles. The van der Waals surface area contributed by atoms with Gasteiger partial charge in [0.05, 0.1) is 11.5 Å². The average Bonchev–Trinajstić information content (AvgIpc) is 2.89. The summed E-state index contributed by atoms with van der Waals surface area (Å²) in [5.74, 6) is -8.93. The van der Waals surface area contributed by atoms with E-state index in [1.165, 1.54) is 11.6 Å². The van der Waals surface area contributed by atoms with E-state index in [9.17, 15) is 34.2 Å². The Bertz CT molecular complexity index is 1640. The highest BCUT2D eigenvalue weighted by Crippen LogP contribution is 2.63. The Morgan fingerprint density at radius 2 is 1.57 bits per heavy atom. The van der Waals surface area contributed by atoms with Crippen LogP contribution in [0.2, 0.25) is 0 Å². The van der Waals surface area contributed by atoms with E-state index in [2.05, 4.69) is 32.9 Å². The number of ketones is 5. The Balaban J connectivity index is 1.63. The van der Waals surface area contributed by atoms with Gasteiger partial charge in [0.25, 0.3) is 0 Å². The van der Waals surface area contributed by atoms with Crippen molar-refractivity contribution in [3.63, 3.8) is 0 Å². The fourth-order valence-corrected chi connectivity index (χ4v) is 8.60. The van der Waals surface area contributed by atoms with Crippen molar-refractivity contribution in [1.82, 2.24) is 0 Å². The Labute approximate surface area is 258 Å². The van der Waals surface area contributed by atoms with Gasteiger partial charge in [0.15, 0.2) is 28.7 Å². The second-order valence-electron chi connectivity index (χ2n) is 15.1. The monoisotopic (exact) mass is 598 g/mol. The number of hydrogen-bond donors (Lipinski definition) is 2. The smallest absolute Gasteiger partial charge is 0.190 e. The molecule has 232 valence electrons. The van der Waals surface area contributed by atoms with Gasteiger partial charge in [0.2, 0.25) is 0 Å². The molecule has 5 rings (SSSR count). The minimum Gasteiger partial charge on any atom is -0.507 e. The Morgan fingerprint density at radius 3 is 2.11 bits per heavy atom. The molecule has 2 aromatic carbocycles. The zero-order chi connectivity index (χ0) is 32.7. The first-order chi connectivity index (χ1) is 20.3. The van der Waals surface area contributed by atoms with E-state index >= 15 is 0 Å². The van der Waals surface area contributed by atoms with Gasteiger partial charge in [-0.3, -0.25) is 24.0 Å². The van der Waals surface area contributed by atoms with Crippen molar-refractivity contribution in [3.8, 4) is 5.75 Å². The lowest BCUT2D eigenvalue weighted by Crippen LogP contribution is -2.76. The molecule has 6 atom stereocenters. The quantitative estimate of drug-likeness (QED) is 0.349. The number of phenolic OH excluding ortho intramolecular Hbond substituents is 1. The second-order valence-corrected chi connectivity index (χ2v) is 15.1. The van der Waals surface area contributed by atoms with Gasteiger partial charge in [0.1, 0.15) is 17.5 Å². The van der Waals surface area contributed by atoms with E-state index in [0.717, 1.165) is 12.5 Å². The topological polar surface area (TPSA) is 126 Å². The van der Waals surface area contributed by atoms with Crippen LogP contribution in [-0.4, -0.2) is 44.7 Å². The van der Waals surface area contributed by atoms with Crippen LogP contribution in [0, 0.1) is 34.5 Å². The van der Waals surface area contributed by atoms with E-state index in [4.69, 9.17) is 0 Å². The summed E-state index contributed by atoms with van der Waals surface area (Å²) in [5.41, 5.74) is -1.85. The van der Waals surface area contributed by atoms with Gasteiger partial charge in [-0.2, -0.15) is 0 Å². The Hall–Kier alpha value is -3.71. The predicted octanol–water partition coefficient (Wildman–Crippen LogP) is 5.56. The summed E-state index contributed by atoms with van der Waals surface area (Å²) in [5, 5.41) is 23.0. The molecule has 0 aromatic heterocycles. The molecular formula is C37H42O7. The van der Waals surface area contributed by atoms with Crippen LogP contribution < -0.4 is 0 Å². The number of Topliss-reactive ketones (excluding diaryl/α,β-unsaturated/α-hetero) is 5. The first-order valence-corrected chi connectivity index (χ1v) is 15.3. The number of rotatable bonds is 4. The third kappa shape index (κ3) is 4.38. The van der Waals surface area contributed by atoms with Crippen LogP contribution in [0.15, 0.2) is 36.4 Å². The van der Waals surface area contributed by atoms with Crippen molar-refractivity contribution < 1.29 is 34.2 Å². The maximum Gasteiger partial charge on any atom is 0.190 e. The number of aromatic hydroxyl groups is 1. The van der Waals surface area contributed by atoms with Gasteiger partial charge in [-0.1, -0.05) is 91.0 Å². The average molecular weight is 599 g/mol. The molecule has 7 heteroatoms. The van der Waals surface area contributed by atoms with E-state index in [1.54, 1.807) is 33.8 Å². The molecule has 3 unspecified atom stereocenters. The predicted molar refractivity (Wildman–Crippen MR) is 167 cm³/mol. The minimum atomic E-state index is -2.70. The number of fused-ring (bicyclic) bond motifs is 3. The van der Waals surface area contributed by atoms with E-state index < -0.39 is 63.1 Å². The lowest BCUT2D eigenvalue weighted by Gasteiger charge is -2.61. The molecule has 0 saturated heterocycles. The Morgan fingerprint density at radius 1 is 0.955 bits per heavy atom. The highest BCUT2D eigenvalue weighted by molar-refractivity contribution is 6.32. The summed E-state index contributed by atoms with van der Waals surface area (Å²) in [4.78, 5) is 68.6. The first-order valence-electron chi connectivity index (χ1n) is 15.3. The van der Waals surface area contributed by atoms with Crippen molar-refractivity contribution in [2.75, 3.05) is 0 Å². The van der Waals surface area contributed by atoms with Crippen molar-refractivity contribution in [2.45, 2.75) is 79.2 Å². The number of hydrogen-bond acceptors (Lipinski definition) is 7. The lowest BCUT2D eigenvalue weighted by molar-refractivity contribution is -0.205. The standard InChI is InChI=1S/C37H42O7/c1-19(2)28-30(40)26(20(3)38)32(42)37(44)33(43)29-31(41)27-24(17-35(29,7)18-36(28,37)8)22(13-16-25(27)39)12-9-21-10-14-23(15-11-21)34(4,5)6/h9-16,19,26,28-29,39,44H,17-18H2,1-8H3/b12-9+/t26?,28?,29?,35-,36-,37+/m1/s1. The Kier molecular flexibility index (Phi) is 7.32. The van der Waals surface area contributed by atoms with Crippen molar-refractivity contribution in [1.29, 1.82) is 0 Å². The molecule has 2 fully saturated rings. The lowest BCUT2D eigenvalue weighted by atomic mass is 9.40. The molecule has 0 amide bonds. The maximum absolute atomic E-state index is 14.4. The van der Waals surface area contributed by atoms with Crippen LogP contribution in [0.4, 0.5) is 0 Å². The number of benzene rings is 2. The van der Waals surface area contributed by atoms with Crippen molar-refractivity contribution in [2.24, 2.45) is 34.5 Å². The van der Waals surface area contributed by atoms with Crippen LogP contribution in [0.3, 0.4) is 0 Å². The highest BCUT2D eigenvalue weighted by atomic mass is 16.3. The molecule has 0 heterocycles. The molecule has 0 radical (unpaired) electrons. The van der Waals surface area contributed by atoms with E-state index in [0.29, 0.717) is 11.1 Å². The van der Waals surface area contributed by atoms with Gasteiger partial charge in [-0.15, -0.1) is 0 Å². The van der Waals surface area contributed by atoms with Crippen molar-refractivity contribution >= 4 is 41.1 Å². The third-order valence-electron chi connectivity index (χ3n) is 10.5. The normalized spacial score (nSPS) is 32.1. The summed E-state index contributed by atoms with van der Waals surface area (Å²) >= 11 is 0. The van der Waals surface area contributed by atoms with Gasteiger partial charge < -0.3 is 10.2 Å². The minimum absolute atomic E-state index is 0.00104. The summed E-state index contributed by atoms with van der Waals surface area (Å²) in [6, 6.07) is 11.3. The summed E-state index contributed by atoms with van der Waals surface area (Å²) in [7, 11) is 0. The SMILES string of the molecule is CC(=O)C1C(=O)C(C(C)C)[C@@]2(C)C[C@@]3(C)Cc4c(/C=C/c5ccc(C(C)(C)C)cc5)ccc(O)c4C(=O)C3C(=O)[C@@]2(O)C1=O.